The summed E-state index contributed by atoms with van der Waals surface area (Å²) in [5, 5.41) is 13.2. The number of carbonyl (C=O) groups excluding carboxylic acids is 1. The fraction of sp³-hybridized carbons (Fsp3) is 0.412. The SMILES string of the molecule is Cc1n[nH]cc1CNC(=O)c1ccc(C2CCNCC2)cc1. The van der Waals surface area contributed by atoms with Gasteiger partial charge in [0.25, 0.3) is 5.91 Å². The summed E-state index contributed by atoms with van der Waals surface area (Å²) in [4.78, 5) is 12.2. The number of hydrogen-bond donors (Lipinski definition) is 3. The van der Waals surface area contributed by atoms with E-state index in [1.54, 1.807) is 0 Å². The molecule has 0 atom stereocenters. The Kier molecular flexibility index (Phi) is 4.53. The van der Waals surface area contributed by atoms with Crippen molar-refractivity contribution in [3.63, 3.8) is 0 Å². The number of benzene rings is 1. The molecule has 5 nitrogen and oxygen atoms in total. The van der Waals surface area contributed by atoms with Crippen molar-refractivity contribution in [2.75, 3.05) is 13.1 Å². The first kappa shape index (κ1) is 14.8. The van der Waals surface area contributed by atoms with Gasteiger partial charge in [0.1, 0.15) is 0 Å². The van der Waals surface area contributed by atoms with E-state index in [-0.39, 0.29) is 5.91 Å². The number of H-pyrrole nitrogens is 1. The molecular formula is C17H22N4O. The molecular weight excluding hydrogens is 276 g/mol. The molecule has 5 heteroatoms. The highest BCUT2D eigenvalue weighted by atomic mass is 16.1. The molecule has 0 radical (unpaired) electrons. The Bertz CT molecular complexity index is 626. The van der Waals surface area contributed by atoms with Crippen molar-refractivity contribution in [1.82, 2.24) is 20.8 Å². The van der Waals surface area contributed by atoms with E-state index in [1.807, 2.05) is 25.3 Å². The number of nitrogens with one attached hydrogen (secondary N) is 3. The molecule has 1 aromatic heterocycles. The Hall–Kier alpha value is -2.14. The number of rotatable bonds is 4. The van der Waals surface area contributed by atoms with Crippen LogP contribution in [0.25, 0.3) is 0 Å². The molecule has 1 amide bonds. The van der Waals surface area contributed by atoms with Gasteiger partial charge in [-0.05, 0) is 56.5 Å². The standard InChI is InChI=1S/C17H22N4O/c1-12-16(11-20-21-12)10-19-17(22)15-4-2-13(3-5-15)14-6-8-18-9-7-14/h2-5,11,14,18H,6-10H2,1H3,(H,19,22)(H,20,21). The van der Waals surface area contributed by atoms with Crippen LogP contribution in [0.15, 0.2) is 30.5 Å². The van der Waals surface area contributed by atoms with Crippen LogP contribution in [0.3, 0.4) is 0 Å². The normalized spacial score (nSPS) is 15.7. The van der Waals surface area contributed by atoms with Crippen molar-refractivity contribution in [3.8, 4) is 0 Å². The summed E-state index contributed by atoms with van der Waals surface area (Å²) in [6.07, 6.45) is 4.16. The molecule has 22 heavy (non-hydrogen) atoms. The van der Waals surface area contributed by atoms with Crippen LogP contribution >= 0.6 is 0 Å². The minimum atomic E-state index is -0.0440. The van der Waals surface area contributed by atoms with E-state index in [0.29, 0.717) is 18.0 Å². The van der Waals surface area contributed by atoms with Crippen LogP contribution in [0.4, 0.5) is 0 Å². The highest BCUT2D eigenvalue weighted by molar-refractivity contribution is 5.94. The van der Waals surface area contributed by atoms with E-state index in [0.717, 1.165) is 24.3 Å². The Morgan fingerprint density at radius 2 is 2.00 bits per heavy atom. The van der Waals surface area contributed by atoms with Crippen LogP contribution in [-0.4, -0.2) is 29.2 Å². The first-order valence-electron chi connectivity index (χ1n) is 7.82. The van der Waals surface area contributed by atoms with E-state index in [2.05, 4.69) is 33.0 Å². The molecule has 2 heterocycles. The zero-order valence-electron chi connectivity index (χ0n) is 12.9. The maximum absolute atomic E-state index is 12.2. The third-order valence-electron chi connectivity index (χ3n) is 4.36. The fourth-order valence-corrected chi connectivity index (χ4v) is 2.90. The van der Waals surface area contributed by atoms with Crippen LogP contribution in [0.2, 0.25) is 0 Å². The quantitative estimate of drug-likeness (QED) is 0.810. The molecule has 116 valence electrons. The van der Waals surface area contributed by atoms with Gasteiger partial charge in [0.05, 0.1) is 5.69 Å². The van der Waals surface area contributed by atoms with Gasteiger partial charge in [-0.15, -0.1) is 0 Å². The van der Waals surface area contributed by atoms with E-state index in [4.69, 9.17) is 0 Å². The predicted molar refractivity (Wildman–Crippen MR) is 85.8 cm³/mol. The number of nitrogens with zero attached hydrogens (tertiary/aromatic N) is 1. The average molecular weight is 298 g/mol. The highest BCUT2D eigenvalue weighted by Gasteiger charge is 2.15. The maximum atomic E-state index is 12.2. The summed E-state index contributed by atoms with van der Waals surface area (Å²) in [7, 11) is 0. The number of carbonyl (C=O) groups is 1. The van der Waals surface area contributed by atoms with Crippen molar-refractivity contribution >= 4 is 5.91 Å². The topological polar surface area (TPSA) is 69.8 Å². The maximum Gasteiger partial charge on any atom is 0.251 e. The first-order valence-corrected chi connectivity index (χ1v) is 7.82. The van der Waals surface area contributed by atoms with Gasteiger partial charge in [-0.3, -0.25) is 9.89 Å². The van der Waals surface area contributed by atoms with Crippen LogP contribution < -0.4 is 10.6 Å². The van der Waals surface area contributed by atoms with Crippen LogP contribution in [-0.2, 0) is 6.54 Å². The second-order valence-corrected chi connectivity index (χ2v) is 5.82. The van der Waals surface area contributed by atoms with Crippen molar-refractivity contribution < 1.29 is 4.79 Å². The van der Waals surface area contributed by atoms with Gasteiger partial charge in [0, 0.05) is 23.9 Å². The van der Waals surface area contributed by atoms with Crippen LogP contribution in [0.5, 0.6) is 0 Å². The van der Waals surface area contributed by atoms with E-state index < -0.39 is 0 Å². The number of aromatic nitrogens is 2. The highest BCUT2D eigenvalue weighted by Crippen LogP contribution is 2.25. The lowest BCUT2D eigenvalue weighted by molar-refractivity contribution is 0.0951. The predicted octanol–water partition coefficient (Wildman–Crippen LogP) is 2.12. The van der Waals surface area contributed by atoms with Crippen LogP contribution in [0, 0.1) is 6.92 Å². The molecule has 1 saturated heterocycles. The second kappa shape index (κ2) is 6.75. The molecule has 0 spiro atoms. The number of hydrogen-bond acceptors (Lipinski definition) is 3. The Morgan fingerprint density at radius 1 is 1.27 bits per heavy atom. The van der Waals surface area contributed by atoms with E-state index in [9.17, 15) is 4.79 Å². The minimum absolute atomic E-state index is 0.0440. The van der Waals surface area contributed by atoms with Gasteiger partial charge in [-0.25, -0.2) is 0 Å². The molecule has 3 rings (SSSR count). The lowest BCUT2D eigenvalue weighted by Crippen LogP contribution is -2.26. The van der Waals surface area contributed by atoms with Gasteiger partial charge < -0.3 is 10.6 Å². The first-order chi connectivity index (χ1) is 10.7. The van der Waals surface area contributed by atoms with Gasteiger partial charge in [-0.2, -0.15) is 5.10 Å². The van der Waals surface area contributed by atoms with Crippen LogP contribution in [0.1, 0.15) is 45.9 Å². The van der Waals surface area contributed by atoms with Gasteiger partial charge in [-0.1, -0.05) is 12.1 Å². The molecule has 1 aromatic carbocycles. The third-order valence-corrected chi connectivity index (χ3v) is 4.36. The molecule has 1 fully saturated rings. The summed E-state index contributed by atoms with van der Waals surface area (Å²) < 4.78 is 0. The molecule has 0 aliphatic carbocycles. The average Bonchev–Trinajstić information content (AvgIpc) is 2.99. The zero-order chi connectivity index (χ0) is 15.4. The summed E-state index contributed by atoms with van der Waals surface area (Å²) in [6, 6.07) is 8.03. The smallest absolute Gasteiger partial charge is 0.251 e. The van der Waals surface area contributed by atoms with Crippen molar-refractivity contribution in [3.05, 3.63) is 52.8 Å². The van der Waals surface area contributed by atoms with Gasteiger partial charge in [0.2, 0.25) is 0 Å². The largest absolute Gasteiger partial charge is 0.348 e. The summed E-state index contributed by atoms with van der Waals surface area (Å²) in [5.74, 6) is 0.574. The fourth-order valence-electron chi connectivity index (χ4n) is 2.90. The van der Waals surface area contributed by atoms with E-state index in [1.165, 1.54) is 18.4 Å². The second-order valence-electron chi connectivity index (χ2n) is 5.82. The van der Waals surface area contributed by atoms with Gasteiger partial charge in [0.15, 0.2) is 0 Å². The lowest BCUT2D eigenvalue weighted by atomic mass is 9.90. The number of amides is 1. The molecule has 1 aliphatic heterocycles. The molecule has 3 N–H and O–H groups in total. The molecule has 0 unspecified atom stereocenters. The van der Waals surface area contributed by atoms with Crippen molar-refractivity contribution in [1.29, 1.82) is 0 Å². The number of aryl methyl sites for hydroxylation is 1. The zero-order valence-corrected chi connectivity index (χ0v) is 12.9. The Morgan fingerprint density at radius 3 is 2.64 bits per heavy atom. The minimum Gasteiger partial charge on any atom is -0.348 e. The third kappa shape index (κ3) is 3.36. The molecule has 0 bridgehead atoms. The monoisotopic (exact) mass is 298 g/mol. The molecule has 0 saturated carbocycles. The lowest BCUT2D eigenvalue weighted by Gasteiger charge is -2.23. The Labute approximate surface area is 130 Å². The summed E-state index contributed by atoms with van der Waals surface area (Å²) in [6.45, 7) is 4.58. The Balaban J connectivity index is 1.59. The summed E-state index contributed by atoms with van der Waals surface area (Å²) in [5.41, 5.74) is 3.98. The van der Waals surface area contributed by atoms with Gasteiger partial charge >= 0.3 is 0 Å². The molecule has 1 aliphatic rings. The summed E-state index contributed by atoms with van der Waals surface area (Å²) >= 11 is 0. The number of aromatic amines is 1. The van der Waals surface area contributed by atoms with Crippen molar-refractivity contribution in [2.45, 2.75) is 32.2 Å². The number of piperidine rings is 1. The van der Waals surface area contributed by atoms with E-state index >= 15 is 0 Å². The molecule has 2 aromatic rings. The van der Waals surface area contributed by atoms with Crippen molar-refractivity contribution in [2.24, 2.45) is 0 Å².